The van der Waals surface area contributed by atoms with Crippen LogP contribution in [0, 0.1) is 5.92 Å². The van der Waals surface area contributed by atoms with E-state index in [0.717, 1.165) is 4.47 Å². The average molecular weight is 479 g/mol. The van der Waals surface area contributed by atoms with E-state index in [1.165, 1.54) is 0 Å². The van der Waals surface area contributed by atoms with Crippen LogP contribution in [0.4, 0.5) is 10.5 Å². The number of halogens is 1. The first-order valence-corrected chi connectivity index (χ1v) is 11.6. The minimum atomic E-state index is -3.43. The summed E-state index contributed by atoms with van der Waals surface area (Å²) in [5.74, 6) is -0.457. The molecule has 0 saturated heterocycles. The van der Waals surface area contributed by atoms with E-state index >= 15 is 0 Å². The molecule has 0 aliphatic rings. The van der Waals surface area contributed by atoms with Gasteiger partial charge in [0.2, 0.25) is 0 Å². The molecular formula is C18H28BrN2O6P. The van der Waals surface area contributed by atoms with E-state index in [4.69, 9.17) is 13.8 Å². The molecule has 10 heteroatoms. The van der Waals surface area contributed by atoms with E-state index in [1.54, 1.807) is 38.1 Å². The molecule has 1 unspecified atom stereocenters. The number of nitrogens with one attached hydrogen (secondary N) is 2. The van der Waals surface area contributed by atoms with Crippen molar-refractivity contribution in [1.82, 2.24) is 5.32 Å². The Kier molecular flexibility index (Phi) is 10.7. The summed E-state index contributed by atoms with van der Waals surface area (Å²) in [7, 11) is -3.43. The maximum Gasteiger partial charge on any atom is 0.412 e. The number of hydrogen-bond acceptors (Lipinski definition) is 6. The van der Waals surface area contributed by atoms with Gasteiger partial charge in [-0.25, -0.2) is 4.79 Å². The van der Waals surface area contributed by atoms with E-state index in [-0.39, 0.29) is 25.4 Å². The van der Waals surface area contributed by atoms with E-state index in [0.29, 0.717) is 12.1 Å². The Morgan fingerprint density at radius 2 is 1.68 bits per heavy atom. The molecule has 1 atom stereocenters. The summed E-state index contributed by atoms with van der Waals surface area (Å²) >= 11 is 3.31. The van der Waals surface area contributed by atoms with Crippen molar-refractivity contribution in [3.05, 3.63) is 28.7 Å². The highest BCUT2D eigenvalue weighted by Gasteiger charge is 2.29. The summed E-state index contributed by atoms with van der Waals surface area (Å²) < 4.78 is 28.9. The second-order valence-electron chi connectivity index (χ2n) is 6.30. The van der Waals surface area contributed by atoms with Crippen molar-refractivity contribution in [1.29, 1.82) is 0 Å². The van der Waals surface area contributed by atoms with Gasteiger partial charge in [-0.1, -0.05) is 29.8 Å². The van der Waals surface area contributed by atoms with Crippen LogP contribution in [0.2, 0.25) is 0 Å². The lowest BCUT2D eigenvalue weighted by Gasteiger charge is -2.22. The quantitative estimate of drug-likeness (QED) is 0.444. The number of ether oxygens (including phenoxy) is 1. The van der Waals surface area contributed by atoms with Gasteiger partial charge in [-0.3, -0.25) is 14.7 Å². The normalized spacial score (nSPS) is 12.5. The Morgan fingerprint density at radius 1 is 1.11 bits per heavy atom. The van der Waals surface area contributed by atoms with Gasteiger partial charge in [-0.05, 0) is 50.5 Å². The minimum absolute atomic E-state index is 0.0989. The second-order valence-corrected chi connectivity index (χ2v) is 9.27. The highest BCUT2D eigenvalue weighted by molar-refractivity contribution is 9.10. The van der Waals surface area contributed by atoms with Gasteiger partial charge in [0.25, 0.3) is 5.91 Å². The van der Waals surface area contributed by atoms with Crippen LogP contribution in [0.3, 0.4) is 0 Å². The van der Waals surface area contributed by atoms with Crippen molar-refractivity contribution in [2.45, 2.75) is 40.2 Å². The van der Waals surface area contributed by atoms with Gasteiger partial charge in [-0.2, -0.15) is 0 Å². The van der Waals surface area contributed by atoms with Gasteiger partial charge in [0.05, 0.1) is 13.2 Å². The summed E-state index contributed by atoms with van der Waals surface area (Å²) in [5.41, 5.74) is 0.536. The third kappa shape index (κ3) is 9.19. The van der Waals surface area contributed by atoms with E-state index in [2.05, 4.69) is 26.6 Å². The fraction of sp³-hybridized carbons (Fsp3) is 0.556. The van der Waals surface area contributed by atoms with Crippen molar-refractivity contribution >= 4 is 41.2 Å². The third-order valence-corrected chi connectivity index (χ3v) is 5.79. The molecule has 0 aliphatic heterocycles. The number of amides is 2. The molecule has 0 aliphatic carbocycles. The lowest BCUT2D eigenvalue weighted by molar-refractivity contribution is -0.129. The number of benzene rings is 1. The predicted octanol–water partition coefficient (Wildman–Crippen LogP) is 4.75. The van der Waals surface area contributed by atoms with Gasteiger partial charge in [0.1, 0.15) is 6.29 Å². The Balaban J connectivity index is 2.71. The standard InChI is InChI=1S/C18H28BrN2O6P/c1-5-25-28(24,26-6-2)12-20-17(22)16(11-13(3)4)27-18(23)21-15-9-7-14(19)8-10-15/h7-10,13,16H,5-6,11-12H2,1-4H3,(H,20,22)(H,21,23). The molecule has 0 spiro atoms. The molecule has 1 aromatic rings. The van der Waals surface area contributed by atoms with Crippen molar-refractivity contribution in [2.75, 3.05) is 24.8 Å². The smallest absolute Gasteiger partial charge is 0.412 e. The summed E-state index contributed by atoms with van der Waals surface area (Å²) in [5, 5.41) is 5.09. The minimum Gasteiger partial charge on any atom is -0.436 e. The van der Waals surface area contributed by atoms with Crippen LogP contribution in [0.5, 0.6) is 0 Å². The molecule has 1 rings (SSSR count). The molecule has 158 valence electrons. The van der Waals surface area contributed by atoms with Crippen LogP contribution in [0.15, 0.2) is 28.7 Å². The second kappa shape index (κ2) is 12.2. The highest BCUT2D eigenvalue weighted by Crippen LogP contribution is 2.46. The molecule has 8 nitrogen and oxygen atoms in total. The SMILES string of the molecule is CCOP(=O)(CNC(=O)C(CC(C)C)OC(=O)Nc1ccc(Br)cc1)OCC. The summed E-state index contributed by atoms with van der Waals surface area (Å²) in [6.07, 6.45) is -1.76. The predicted molar refractivity (Wildman–Crippen MR) is 111 cm³/mol. The first-order chi connectivity index (χ1) is 13.2. The fourth-order valence-electron chi connectivity index (χ4n) is 2.26. The number of carbonyl (C=O) groups is 2. The van der Waals surface area contributed by atoms with E-state index < -0.39 is 25.7 Å². The highest BCUT2D eigenvalue weighted by atomic mass is 79.9. The molecule has 0 radical (unpaired) electrons. The van der Waals surface area contributed by atoms with Crippen molar-refractivity contribution in [2.24, 2.45) is 5.92 Å². The molecule has 1 aromatic carbocycles. The number of hydrogen-bond donors (Lipinski definition) is 2. The number of rotatable bonds is 11. The van der Waals surface area contributed by atoms with Crippen molar-refractivity contribution in [3.63, 3.8) is 0 Å². The first-order valence-electron chi connectivity index (χ1n) is 9.08. The zero-order valence-electron chi connectivity index (χ0n) is 16.6. The molecule has 28 heavy (non-hydrogen) atoms. The largest absolute Gasteiger partial charge is 0.436 e. The molecule has 0 fully saturated rings. The van der Waals surface area contributed by atoms with Crippen LogP contribution >= 0.6 is 23.5 Å². The number of carbonyl (C=O) groups excluding carboxylic acids is 2. The molecule has 0 aromatic heterocycles. The van der Waals surface area contributed by atoms with Crippen LogP contribution in [0.25, 0.3) is 0 Å². The van der Waals surface area contributed by atoms with Crippen molar-refractivity contribution < 1.29 is 27.9 Å². The van der Waals surface area contributed by atoms with Gasteiger partial charge in [-0.15, -0.1) is 0 Å². The zero-order chi connectivity index (χ0) is 21.2. The topological polar surface area (TPSA) is 103 Å². The number of anilines is 1. The van der Waals surface area contributed by atoms with Gasteiger partial charge >= 0.3 is 13.7 Å². The third-order valence-electron chi connectivity index (χ3n) is 3.42. The fourth-order valence-corrected chi connectivity index (χ4v) is 3.91. The average Bonchev–Trinajstić information content (AvgIpc) is 2.61. The summed E-state index contributed by atoms with van der Waals surface area (Å²) in [4.78, 5) is 24.7. The maximum absolute atomic E-state index is 12.5. The zero-order valence-corrected chi connectivity index (χ0v) is 19.0. The molecule has 0 heterocycles. The van der Waals surface area contributed by atoms with E-state index in [1.807, 2.05) is 13.8 Å². The maximum atomic E-state index is 12.5. The van der Waals surface area contributed by atoms with Gasteiger partial charge in [0.15, 0.2) is 6.10 Å². The van der Waals surface area contributed by atoms with Crippen LogP contribution in [-0.4, -0.2) is 37.6 Å². The monoisotopic (exact) mass is 478 g/mol. The lowest BCUT2D eigenvalue weighted by Crippen LogP contribution is -2.40. The molecule has 2 N–H and O–H groups in total. The van der Waals surface area contributed by atoms with Crippen LogP contribution < -0.4 is 10.6 Å². The summed E-state index contributed by atoms with van der Waals surface area (Å²) in [6.45, 7) is 7.56. The first kappa shape index (κ1) is 24.6. The molecular weight excluding hydrogens is 451 g/mol. The van der Waals surface area contributed by atoms with Crippen molar-refractivity contribution in [3.8, 4) is 0 Å². The molecule has 0 bridgehead atoms. The van der Waals surface area contributed by atoms with Crippen LogP contribution in [0.1, 0.15) is 34.1 Å². The summed E-state index contributed by atoms with van der Waals surface area (Å²) in [6, 6.07) is 6.94. The Labute approximate surface area is 174 Å². The Hall–Kier alpha value is -1.41. The lowest BCUT2D eigenvalue weighted by atomic mass is 10.1. The van der Waals surface area contributed by atoms with E-state index in [9.17, 15) is 14.2 Å². The Bertz CT molecular complexity index is 673. The van der Waals surface area contributed by atoms with Gasteiger partial charge < -0.3 is 19.1 Å². The van der Waals surface area contributed by atoms with Crippen LogP contribution in [-0.2, 0) is 23.1 Å². The molecule has 0 saturated carbocycles. The van der Waals surface area contributed by atoms with Gasteiger partial charge in [0, 0.05) is 10.2 Å². The molecule has 2 amide bonds. The Morgan fingerprint density at radius 3 is 2.18 bits per heavy atom.